The van der Waals surface area contributed by atoms with Crippen LogP contribution < -0.4 is 10.9 Å². The van der Waals surface area contributed by atoms with Crippen molar-refractivity contribution in [3.05, 3.63) is 56.6 Å². The molecule has 0 spiro atoms. The maximum atomic E-state index is 11.8. The molecule has 0 fully saturated rings. The Balaban J connectivity index is 2.51. The Kier molecular flexibility index (Phi) is 1.47. The zero-order valence-corrected chi connectivity index (χ0v) is 8.88. The number of hydrogen-bond acceptors (Lipinski definition) is 3. The largest absolute Gasteiger partial charge is 0.476 e. The summed E-state index contributed by atoms with van der Waals surface area (Å²) in [4.78, 5) is 16.3. The highest BCUT2D eigenvalue weighted by Gasteiger charge is 2.09. The number of rotatable bonds is 0. The molecule has 2 aliphatic heterocycles. The highest BCUT2D eigenvalue weighted by Crippen LogP contribution is 2.11. The summed E-state index contributed by atoms with van der Waals surface area (Å²) in [6.07, 6.45) is 1.65. The van der Waals surface area contributed by atoms with Crippen LogP contribution in [0.5, 0.6) is 0 Å². The van der Waals surface area contributed by atoms with E-state index in [4.69, 9.17) is 4.74 Å². The fraction of sp³-hybridized carbons (Fsp3) is 0.0769. The molecule has 0 saturated heterocycles. The lowest BCUT2D eigenvalue weighted by atomic mass is 10.1. The van der Waals surface area contributed by atoms with Crippen LogP contribution in [0.1, 0.15) is 0 Å². The van der Waals surface area contributed by atoms with Crippen LogP contribution in [0.2, 0.25) is 0 Å². The lowest BCUT2D eigenvalue weighted by Crippen LogP contribution is -2.22. The van der Waals surface area contributed by atoms with E-state index in [9.17, 15) is 4.79 Å². The monoisotopic (exact) mass is 224 g/mol. The molecule has 0 aromatic heterocycles. The molecule has 0 saturated carbocycles. The molecule has 0 unspecified atom stereocenters. The molecule has 0 bridgehead atoms. The minimum atomic E-state index is 0.0355. The van der Waals surface area contributed by atoms with E-state index in [1.165, 1.54) is 0 Å². The molecule has 1 aromatic rings. The van der Waals surface area contributed by atoms with E-state index in [2.05, 4.69) is 4.98 Å². The maximum Gasteiger partial charge on any atom is 0.186 e. The predicted octanol–water partition coefficient (Wildman–Crippen LogP) is 0.566. The number of hydrogen-bond donors (Lipinski definition) is 0. The molecule has 82 valence electrons. The summed E-state index contributed by atoms with van der Waals surface area (Å²) in [6.45, 7) is 0.459. The van der Waals surface area contributed by atoms with Crippen LogP contribution >= 0.6 is 0 Å². The smallest absolute Gasteiger partial charge is 0.186 e. The van der Waals surface area contributed by atoms with E-state index in [0.29, 0.717) is 6.73 Å². The van der Waals surface area contributed by atoms with Crippen LogP contribution in [-0.4, -0.2) is 9.55 Å². The van der Waals surface area contributed by atoms with Crippen LogP contribution in [0.4, 0.5) is 0 Å². The van der Waals surface area contributed by atoms with Gasteiger partial charge in [0.25, 0.3) is 0 Å². The van der Waals surface area contributed by atoms with Gasteiger partial charge in [0.2, 0.25) is 0 Å². The van der Waals surface area contributed by atoms with E-state index >= 15 is 0 Å². The van der Waals surface area contributed by atoms with Gasteiger partial charge in [-0.1, -0.05) is 12.1 Å². The van der Waals surface area contributed by atoms with Gasteiger partial charge in [-0.15, -0.1) is 0 Å². The van der Waals surface area contributed by atoms with Crippen molar-refractivity contribution >= 4 is 17.2 Å². The van der Waals surface area contributed by atoms with Crippen LogP contribution in [0.25, 0.3) is 17.2 Å². The summed E-state index contributed by atoms with van der Waals surface area (Å²) in [5.74, 6) is 0. The summed E-state index contributed by atoms with van der Waals surface area (Å²) in [6, 6.07) is 9.06. The van der Waals surface area contributed by atoms with Gasteiger partial charge < -0.3 is 4.74 Å². The highest BCUT2D eigenvalue weighted by molar-refractivity contribution is 5.66. The van der Waals surface area contributed by atoms with Crippen molar-refractivity contribution in [1.82, 2.24) is 9.55 Å². The Morgan fingerprint density at radius 3 is 3.12 bits per heavy atom. The van der Waals surface area contributed by atoms with Crippen molar-refractivity contribution in [1.29, 1.82) is 0 Å². The Hall–Kier alpha value is -2.36. The Morgan fingerprint density at radius 2 is 2.18 bits per heavy atom. The molecule has 0 amide bonds. The van der Waals surface area contributed by atoms with Crippen LogP contribution in [0.3, 0.4) is 0 Å². The molecule has 1 aromatic carbocycles. The average molecular weight is 224 g/mol. The lowest BCUT2D eigenvalue weighted by molar-refractivity contribution is 0.234. The molecule has 0 atom stereocenters. The molecular weight excluding hydrogens is 216 g/mol. The third kappa shape index (κ3) is 1.02. The van der Waals surface area contributed by atoms with Crippen molar-refractivity contribution in [3.63, 3.8) is 0 Å². The van der Waals surface area contributed by atoms with Gasteiger partial charge in [0, 0.05) is 10.6 Å². The maximum absolute atomic E-state index is 11.8. The molecular formula is C13H8N2O2. The minimum absolute atomic E-state index is 0.0355. The van der Waals surface area contributed by atoms with Crippen molar-refractivity contribution in [2.75, 3.05) is 0 Å². The molecule has 0 N–H and O–H groups in total. The molecule has 17 heavy (non-hydrogen) atoms. The second-order valence-electron chi connectivity index (χ2n) is 4.09. The molecule has 4 rings (SSSR count). The topological polar surface area (TPSA) is 44.1 Å². The summed E-state index contributed by atoms with van der Waals surface area (Å²) in [5.41, 5.74) is 1.67. The lowest BCUT2D eigenvalue weighted by Gasteiger charge is -2.05. The number of nitrogens with zero attached hydrogens (tertiary/aromatic N) is 2. The fourth-order valence-electron chi connectivity index (χ4n) is 2.38. The number of ether oxygens (including phenoxy) is 1. The fourth-order valence-corrected chi connectivity index (χ4v) is 2.38. The van der Waals surface area contributed by atoms with Crippen molar-refractivity contribution in [2.45, 2.75) is 6.73 Å². The number of fused-ring (bicyclic) bond motifs is 2. The van der Waals surface area contributed by atoms with Gasteiger partial charge in [0.1, 0.15) is 6.26 Å². The van der Waals surface area contributed by atoms with Gasteiger partial charge >= 0.3 is 0 Å². The second kappa shape index (κ2) is 2.85. The number of aromatic nitrogens is 2. The molecule has 1 aliphatic carbocycles. The Labute approximate surface area is 95.4 Å². The summed E-state index contributed by atoms with van der Waals surface area (Å²) in [7, 11) is 0. The number of benzene rings is 1. The first-order valence-electron chi connectivity index (χ1n) is 5.38. The summed E-state index contributed by atoms with van der Waals surface area (Å²) in [5, 5.41) is 2.63. The second-order valence-corrected chi connectivity index (χ2v) is 4.09. The van der Waals surface area contributed by atoms with Crippen molar-refractivity contribution < 1.29 is 4.74 Å². The summed E-state index contributed by atoms with van der Waals surface area (Å²) >= 11 is 0. The van der Waals surface area contributed by atoms with E-state index in [1.54, 1.807) is 12.3 Å². The van der Waals surface area contributed by atoms with E-state index in [1.807, 2.05) is 28.8 Å². The Morgan fingerprint density at radius 1 is 1.24 bits per heavy atom. The van der Waals surface area contributed by atoms with Crippen LogP contribution in [-0.2, 0) is 11.5 Å². The van der Waals surface area contributed by atoms with Gasteiger partial charge in [-0.3, -0.25) is 9.36 Å². The van der Waals surface area contributed by atoms with Gasteiger partial charge in [-0.25, -0.2) is 4.98 Å². The average Bonchev–Trinajstić information content (AvgIpc) is 2.81. The van der Waals surface area contributed by atoms with Gasteiger partial charge in [-0.2, -0.15) is 0 Å². The van der Waals surface area contributed by atoms with E-state index in [-0.39, 0.29) is 5.43 Å². The molecule has 4 nitrogen and oxygen atoms in total. The first-order chi connectivity index (χ1) is 8.34. The molecule has 0 radical (unpaired) electrons. The highest BCUT2D eigenvalue weighted by atomic mass is 16.5. The van der Waals surface area contributed by atoms with Gasteiger partial charge in [0.05, 0.1) is 10.9 Å². The first kappa shape index (κ1) is 8.75. The zero-order chi connectivity index (χ0) is 11.4. The van der Waals surface area contributed by atoms with Gasteiger partial charge in [-0.05, 0) is 18.2 Å². The quantitative estimate of drug-likeness (QED) is 0.560. The van der Waals surface area contributed by atoms with Gasteiger partial charge in [0.15, 0.2) is 17.6 Å². The minimum Gasteiger partial charge on any atom is -0.476 e. The normalized spacial score (nSPS) is 13.6. The molecule has 3 aliphatic rings. The summed E-state index contributed by atoms with van der Waals surface area (Å²) < 4.78 is 7.24. The third-order valence-electron chi connectivity index (χ3n) is 3.15. The Bertz CT molecular complexity index is 911. The first-order valence-corrected chi connectivity index (χ1v) is 5.38. The molecule has 2 heterocycles. The van der Waals surface area contributed by atoms with E-state index in [0.717, 1.165) is 27.0 Å². The van der Waals surface area contributed by atoms with Crippen molar-refractivity contribution in [2.24, 2.45) is 0 Å². The zero-order valence-electron chi connectivity index (χ0n) is 8.88. The van der Waals surface area contributed by atoms with E-state index < -0.39 is 0 Å². The van der Waals surface area contributed by atoms with Crippen LogP contribution in [0, 0.1) is 10.6 Å². The predicted molar refractivity (Wildman–Crippen MR) is 62.1 cm³/mol. The SMILES string of the molecule is O=c1ccc2n3c(nc4cccc1c4=2)=COC3. The standard InChI is InChI=1S/C13H8N2O2/c16-11-5-4-10-13-8(11)2-1-3-9(13)14-12-6-17-7-15(10)12/h1-6H,7H2. The van der Waals surface area contributed by atoms with Crippen molar-refractivity contribution in [3.8, 4) is 0 Å². The molecule has 4 heteroatoms. The third-order valence-corrected chi connectivity index (χ3v) is 3.15. The van der Waals surface area contributed by atoms with Crippen LogP contribution in [0.15, 0.2) is 35.1 Å².